The maximum Gasteiger partial charge on any atom is 0.322 e. The summed E-state index contributed by atoms with van der Waals surface area (Å²) in [6, 6.07) is 2.95. The first-order valence-electron chi connectivity index (χ1n) is 6.30. The van der Waals surface area contributed by atoms with Gasteiger partial charge in [-0.2, -0.15) is 0 Å². The molecule has 1 aromatic heterocycles. The van der Waals surface area contributed by atoms with E-state index < -0.39 is 34.5 Å². The van der Waals surface area contributed by atoms with Crippen LogP contribution >= 0.6 is 11.3 Å². The van der Waals surface area contributed by atoms with Crippen LogP contribution in [0.5, 0.6) is 17.2 Å². The van der Waals surface area contributed by atoms with Crippen molar-refractivity contribution in [2.24, 2.45) is 0 Å². The average Bonchev–Trinajstić information content (AvgIpc) is 2.51. The van der Waals surface area contributed by atoms with Gasteiger partial charge in [0, 0.05) is 16.2 Å². The van der Waals surface area contributed by atoms with Gasteiger partial charge in [-0.1, -0.05) is 11.3 Å². The summed E-state index contributed by atoms with van der Waals surface area (Å²) in [6.07, 6.45) is 0. The number of nitrogens with one attached hydrogen (secondary N) is 1. The molecule has 1 aromatic carbocycles. The molecule has 2 aromatic rings. The lowest BCUT2D eigenvalue weighted by Gasteiger charge is -2.11. The Morgan fingerprint density at radius 2 is 1.83 bits per heavy atom. The second-order valence-electron chi connectivity index (χ2n) is 4.39. The van der Waals surface area contributed by atoms with E-state index in [-0.39, 0.29) is 5.39 Å². The van der Waals surface area contributed by atoms with E-state index in [0.717, 1.165) is 11.3 Å². The molecule has 23 heavy (non-hydrogen) atoms. The maximum atomic E-state index is 12.1. The Kier molecular flexibility index (Phi) is 4.70. The number of benzene rings is 1. The first kappa shape index (κ1) is 16.6. The van der Waals surface area contributed by atoms with E-state index in [1.54, 1.807) is 0 Å². The van der Waals surface area contributed by atoms with Crippen molar-refractivity contribution < 1.29 is 29.3 Å². The van der Waals surface area contributed by atoms with Crippen molar-refractivity contribution >= 4 is 33.3 Å². The Bertz CT molecular complexity index is 843. The summed E-state index contributed by atoms with van der Waals surface area (Å²) in [4.78, 5) is 34.5. The Morgan fingerprint density at radius 1 is 1.22 bits per heavy atom. The number of methoxy groups -OCH3 is 2. The molecule has 0 aliphatic heterocycles. The summed E-state index contributed by atoms with van der Waals surface area (Å²) in [5.41, 5.74) is -0.504. The van der Waals surface area contributed by atoms with Gasteiger partial charge in [-0.25, -0.2) is 0 Å². The number of ether oxygens (including phenoxy) is 2. The zero-order valence-corrected chi connectivity index (χ0v) is 13.0. The van der Waals surface area contributed by atoms with Gasteiger partial charge in [0.05, 0.1) is 14.2 Å². The number of carboxylic acid groups (broad SMARTS) is 1. The molecule has 1 heterocycles. The molecule has 0 aliphatic carbocycles. The summed E-state index contributed by atoms with van der Waals surface area (Å²) in [6.45, 7) is -0.660. The van der Waals surface area contributed by atoms with Gasteiger partial charge in [0.1, 0.15) is 17.9 Å². The molecular weight excluding hydrogens is 326 g/mol. The van der Waals surface area contributed by atoms with Gasteiger partial charge in [0.25, 0.3) is 5.91 Å². The standard InChI is InChI=1S/C14H13NO7S/c1-21-7-3-6-9(4-8(7)22-2)23-14(20)11(12(6)18)13(19)15-5-10(16)17/h3-4,18H,5H2,1-2H3,(H,15,19)(H,16,17). The third-order valence-corrected chi connectivity index (χ3v) is 3.96. The molecule has 0 saturated carbocycles. The topological polar surface area (TPSA) is 122 Å². The van der Waals surface area contributed by atoms with Gasteiger partial charge in [0.2, 0.25) is 4.74 Å². The molecule has 0 bridgehead atoms. The second-order valence-corrected chi connectivity index (χ2v) is 5.41. The number of hydrogen-bond donors (Lipinski definition) is 3. The van der Waals surface area contributed by atoms with Crippen molar-refractivity contribution in [3.05, 3.63) is 27.2 Å². The number of carbonyl (C=O) groups excluding carboxylic acids is 1. The van der Waals surface area contributed by atoms with Gasteiger partial charge in [-0.3, -0.25) is 14.4 Å². The maximum absolute atomic E-state index is 12.1. The van der Waals surface area contributed by atoms with Crippen LogP contribution < -0.4 is 19.5 Å². The van der Waals surface area contributed by atoms with E-state index >= 15 is 0 Å². The van der Waals surface area contributed by atoms with Crippen LogP contribution in [0.4, 0.5) is 0 Å². The highest BCUT2D eigenvalue weighted by atomic mass is 32.1. The summed E-state index contributed by atoms with van der Waals surface area (Å²) >= 11 is 0.734. The third-order valence-electron chi connectivity index (χ3n) is 3.01. The highest BCUT2D eigenvalue weighted by molar-refractivity contribution is 7.16. The lowest BCUT2D eigenvalue weighted by molar-refractivity contribution is -0.135. The number of fused-ring (bicyclic) bond motifs is 1. The fourth-order valence-electron chi connectivity index (χ4n) is 1.96. The number of hydrogen-bond acceptors (Lipinski definition) is 7. The normalized spacial score (nSPS) is 10.3. The van der Waals surface area contributed by atoms with E-state index in [1.165, 1.54) is 26.4 Å². The predicted molar refractivity (Wildman–Crippen MR) is 82.8 cm³/mol. The average molecular weight is 339 g/mol. The highest BCUT2D eigenvalue weighted by Crippen LogP contribution is 2.37. The molecule has 9 heteroatoms. The smallest absolute Gasteiger partial charge is 0.322 e. The molecule has 122 valence electrons. The molecule has 0 aliphatic rings. The third kappa shape index (κ3) is 3.19. The molecule has 1 amide bonds. The fourth-order valence-corrected chi connectivity index (χ4v) is 2.88. The Balaban J connectivity index is 2.62. The Hall–Kier alpha value is -2.81. The van der Waals surface area contributed by atoms with Crippen molar-refractivity contribution in [3.63, 3.8) is 0 Å². The molecular formula is C14H13NO7S. The SMILES string of the molecule is COc1cc2sc(=O)c(C(=O)NCC(=O)O)c(O)c2cc1OC. The van der Waals surface area contributed by atoms with Gasteiger partial charge < -0.3 is 25.0 Å². The second kappa shape index (κ2) is 6.53. The van der Waals surface area contributed by atoms with Gasteiger partial charge in [0.15, 0.2) is 11.5 Å². The molecule has 0 fully saturated rings. The number of carbonyl (C=O) groups is 2. The summed E-state index contributed by atoms with van der Waals surface area (Å²) in [5, 5.41) is 21.1. The van der Waals surface area contributed by atoms with E-state index in [2.05, 4.69) is 0 Å². The molecule has 3 N–H and O–H groups in total. The van der Waals surface area contributed by atoms with Crippen molar-refractivity contribution in [3.8, 4) is 17.2 Å². The number of aliphatic carboxylic acids is 1. The van der Waals surface area contributed by atoms with E-state index in [4.69, 9.17) is 14.6 Å². The van der Waals surface area contributed by atoms with E-state index in [0.29, 0.717) is 16.2 Å². The number of rotatable bonds is 5. The van der Waals surface area contributed by atoms with Crippen LogP contribution in [-0.2, 0) is 4.79 Å². The zero-order valence-electron chi connectivity index (χ0n) is 12.2. The zero-order chi connectivity index (χ0) is 17.1. The van der Waals surface area contributed by atoms with Crippen LogP contribution in [-0.4, -0.2) is 42.9 Å². The van der Waals surface area contributed by atoms with E-state index in [1.807, 2.05) is 5.32 Å². The van der Waals surface area contributed by atoms with Crippen molar-refractivity contribution in [2.45, 2.75) is 0 Å². The quantitative estimate of drug-likeness (QED) is 0.736. The Labute approximate surface area is 133 Å². The van der Waals surface area contributed by atoms with Crippen LogP contribution in [0.15, 0.2) is 16.9 Å². The van der Waals surface area contributed by atoms with Gasteiger partial charge in [-0.15, -0.1) is 0 Å². The number of carboxylic acids is 1. The number of amides is 1. The minimum atomic E-state index is -1.26. The molecule has 0 atom stereocenters. The largest absolute Gasteiger partial charge is 0.506 e. The van der Waals surface area contributed by atoms with Gasteiger partial charge >= 0.3 is 5.97 Å². The summed E-state index contributed by atoms with van der Waals surface area (Å²) in [5.74, 6) is -2.06. The highest BCUT2D eigenvalue weighted by Gasteiger charge is 2.21. The van der Waals surface area contributed by atoms with Crippen LogP contribution in [0, 0.1) is 0 Å². The molecule has 0 unspecified atom stereocenters. The molecule has 2 rings (SSSR count). The Morgan fingerprint density at radius 3 is 2.39 bits per heavy atom. The van der Waals surface area contributed by atoms with Crippen molar-refractivity contribution in [1.82, 2.24) is 5.32 Å². The van der Waals surface area contributed by atoms with Crippen LogP contribution in [0.2, 0.25) is 0 Å². The van der Waals surface area contributed by atoms with Crippen LogP contribution in [0.1, 0.15) is 10.4 Å². The van der Waals surface area contributed by atoms with Crippen LogP contribution in [0.3, 0.4) is 0 Å². The fraction of sp³-hybridized carbons (Fsp3) is 0.214. The van der Waals surface area contributed by atoms with Crippen molar-refractivity contribution in [1.29, 1.82) is 0 Å². The summed E-state index contributed by atoms with van der Waals surface area (Å²) < 4.78 is 9.95. The molecule has 0 spiro atoms. The minimum absolute atomic E-state index is 0.229. The first-order chi connectivity index (χ1) is 10.9. The predicted octanol–water partition coefficient (Wildman–Crippen LogP) is 0.799. The lowest BCUT2D eigenvalue weighted by atomic mass is 10.1. The lowest BCUT2D eigenvalue weighted by Crippen LogP contribution is -2.32. The molecule has 8 nitrogen and oxygen atoms in total. The molecule has 0 saturated heterocycles. The number of aromatic hydroxyl groups is 1. The van der Waals surface area contributed by atoms with E-state index in [9.17, 15) is 19.5 Å². The summed E-state index contributed by atoms with van der Waals surface area (Å²) in [7, 11) is 2.84. The monoisotopic (exact) mass is 339 g/mol. The van der Waals surface area contributed by atoms with Crippen molar-refractivity contribution in [2.75, 3.05) is 20.8 Å². The first-order valence-corrected chi connectivity index (χ1v) is 7.12. The van der Waals surface area contributed by atoms with Crippen LogP contribution in [0.25, 0.3) is 10.1 Å². The molecule has 0 radical (unpaired) electrons. The minimum Gasteiger partial charge on any atom is -0.506 e. The van der Waals surface area contributed by atoms with Gasteiger partial charge in [-0.05, 0) is 6.07 Å².